The van der Waals surface area contributed by atoms with Crippen LogP contribution in [0.1, 0.15) is 35.6 Å². The van der Waals surface area contributed by atoms with E-state index in [1.807, 2.05) is 23.0 Å². The molecular formula is C16H17F3N2. The van der Waals surface area contributed by atoms with Gasteiger partial charge >= 0.3 is 6.18 Å². The standard InChI is InChI=1S/C16H17F3N2/c17-16(18,19)14-3-1-2-11(8-14)9-21-7-6-13(10-21)15(20)12-4-5-12/h1-3,6-8,10,12,15H,4-5,9,20H2. The first-order valence-corrected chi connectivity index (χ1v) is 7.01. The molecule has 0 spiro atoms. The topological polar surface area (TPSA) is 30.9 Å². The van der Waals surface area contributed by atoms with E-state index < -0.39 is 11.7 Å². The normalized spacial score (nSPS) is 17.0. The van der Waals surface area contributed by atoms with Gasteiger partial charge in [-0.05, 0) is 48.1 Å². The van der Waals surface area contributed by atoms with Crippen LogP contribution >= 0.6 is 0 Å². The summed E-state index contributed by atoms with van der Waals surface area (Å²) in [6, 6.07) is 7.44. The van der Waals surface area contributed by atoms with Crippen LogP contribution in [0.3, 0.4) is 0 Å². The molecule has 1 fully saturated rings. The second-order valence-corrected chi connectivity index (χ2v) is 5.68. The summed E-state index contributed by atoms with van der Waals surface area (Å²) in [7, 11) is 0. The first-order valence-electron chi connectivity index (χ1n) is 7.01. The van der Waals surface area contributed by atoms with Crippen LogP contribution in [0.15, 0.2) is 42.7 Å². The zero-order valence-electron chi connectivity index (χ0n) is 11.5. The average molecular weight is 294 g/mol. The minimum Gasteiger partial charge on any atom is -0.350 e. The van der Waals surface area contributed by atoms with Crippen LogP contribution in [-0.4, -0.2) is 4.57 Å². The lowest BCUT2D eigenvalue weighted by Crippen LogP contribution is -2.11. The van der Waals surface area contributed by atoms with Crippen molar-refractivity contribution in [3.63, 3.8) is 0 Å². The first-order chi connectivity index (χ1) is 9.93. The molecule has 1 atom stereocenters. The third-order valence-electron chi connectivity index (χ3n) is 3.91. The summed E-state index contributed by atoms with van der Waals surface area (Å²) in [5.41, 5.74) is 7.21. The van der Waals surface area contributed by atoms with Gasteiger partial charge in [0.2, 0.25) is 0 Å². The van der Waals surface area contributed by atoms with E-state index >= 15 is 0 Å². The smallest absolute Gasteiger partial charge is 0.350 e. The summed E-state index contributed by atoms with van der Waals surface area (Å²) >= 11 is 0. The van der Waals surface area contributed by atoms with Gasteiger partial charge in [-0.15, -0.1) is 0 Å². The van der Waals surface area contributed by atoms with Gasteiger partial charge in [0.05, 0.1) is 5.56 Å². The number of nitrogens with two attached hydrogens (primary N) is 1. The lowest BCUT2D eigenvalue weighted by molar-refractivity contribution is -0.137. The molecule has 0 bridgehead atoms. The van der Waals surface area contributed by atoms with Crippen LogP contribution < -0.4 is 5.73 Å². The van der Waals surface area contributed by atoms with Crippen LogP contribution in [0.4, 0.5) is 13.2 Å². The molecule has 2 aromatic rings. The molecule has 0 radical (unpaired) electrons. The highest BCUT2D eigenvalue weighted by Gasteiger charge is 2.31. The van der Waals surface area contributed by atoms with E-state index in [2.05, 4.69) is 0 Å². The Balaban J connectivity index is 1.74. The molecule has 0 saturated heterocycles. The maximum absolute atomic E-state index is 12.7. The molecule has 1 aliphatic carbocycles. The van der Waals surface area contributed by atoms with Gasteiger partial charge in [0, 0.05) is 25.0 Å². The summed E-state index contributed by atoms with van der Waals surface area (Å²) in [4.78, 5) is 0. The lowest BCUT2D eigenvalue weighted by atomic mass is 10.1. The molecule has 112 valence electrons. The zero-order chi connectivity index (χ0) is 15.0. The van der Waals surface area contributed by atoms with Crippen molar-refractivity contribution >= 4 is 0 Å². The molecule has 1 aromatic heterocycles. The molecule has 1 saturated carbocycles. The van der Waals surface area contributed by atoms with Crippen LogP contribution in [0.2, 0.25) is 0 Å². The fourth-order valence-corrected chi connectivity index (χ4v) is 2.54. The number of hydrogen-bond acceptors (Lipinski definition) is 1. The number of rotatable bonds is 4. The minimum atomic E-state index is -4.30. The summed E-state index contributed by atoms with van der Waals surface area (Å²) in [6.45, 7) is 0.418. The van der Waals surface area contributed by atoms with E-state index in [4.69, 9.17) is 5.73 Å². The van der Waals surface area contributed by atoms with Crippen molar-refractivity contribution in [1.29, 1.82) is 0 Å². The highest BCUT2D eigenvalue weighted by molar-refractivity contribution is 5.27. The molecule has 2 nitrogen and oxygen atoms in total. The minimum absolute atomic E-state index is 0.0489. The van der Waals surface area contributed by atoms with Gasteiger partial charge in [-0.25, -0.2) is 0 Å². The molecule has 3 rings (SSSR count). The predicted molar refractivity (Wildman–Crippen MR) is 74.6 cm³/mol. The monoisotopic (exact) mass is 294 g/mol. The predicted octanol–water partition coefficient (Wildman–Crippen LogP) is 3.97. The Labute approximate surface area is 121 Å². The summed E-state index contributed by atoms with van der Waals surface area (Å²) in [5, 5.41) is 0. The van der Waals surface area contributed by atoms with Gasteiger partial charge in [0.25, 0.3) is 0 Å². The molecule has 0 aliphatic heterocycles. The van der Waals surface area contributed by atoms with E-state index in [9.17, 15) is 13.2 Å². The van der Waals surface area contributed by atoms with Gasteiger partial charge in [0.15, 0.2) is 0 Å². The Hall–Kier alpha value is -1.75. The third kappa shape index (κ3) is 3.29. The number of alkyl halides is 3. The molecular weight excluding hydrogens is 277 g/mol. The van der Waals surface area contributed by atoms with Gasteiger partial charge in [-0.2, -0.15) is 13.2 Å². The second-order valence-electron chi connectivity index (χ2n) is 5.68. The van der Waals surface area contributed by atoms with E-state index in [-0.39, 0.29) is 6.04 Å². The van der Waals surface area contributed by atoms with Crippen LogP contribution in [-0.2, 0) is 12.7 Å². The third-order valence-corrected chi connectivity index (χ3v) is 3.91. The Morgan fingerprint density at radius 2 is 2.00 bits per heavy atom. The van der Waals surface area contributed by atoms with E-state index in [1.165, 1.54) is 25.0 Å². The van der Waals surface area contributed by atoms with Crippen molar-refractivity contribution in [2.24, 2.45) is 11.7 Å². The number of benzene rings is 1. The van der Waals surface area contributed by atoms with Crippen LogP contribution in [0.25, 0.3) is 0 Å². The van der Waals surface area contributed by atoms with E-state index in [0.717, 1.165) is 11.6 Å². The van der Waals surface area contributed by atoms with Crippen LogP contribution in [0, 0.1) is 5.92 Å². The highest BCUT2D eigenvalue weighted by atomic mass is 19.4. The number of nitrogens with zero attached hydrogens (tertiary/aromatic N) is 1. The van der Waals surface area contributed by atoms with E-state index in [1.54, 1.807) is 6.07 Å². The fourth-order valence-electron chi connectivity index (χ4n) is 2.54. The quantitative estimate of drug-likeness (QED) is 0.909. The number of aromatic nitrogens is 1. The molecule has 1 aromatic carbocycles. The number of hydrogen-bond donors (Lipinski definition) is 1. The van der Waals surface area contributed by atoms with Crippen molar-refractivity contribution in [3.8, 4) is 0 Å². The molecule has 2 N–H and O–H groups in total. The SMILES string of the molecule is NC(c1ccn(Cc2cccc(C(F)(F)F)c2)c1)C1CC1. The Kier molecular flexibility index (Phi) is 3.53. The van der Waals surface area contributed by atoms with Crippen molar-refractivity contribution < 1.29 is 13.2 Å². The highest BCUT2D eigenvalue weighted by Crippen LogP contribution is 2.39. The molecule has 1 heterocycles. The van der Waals surface area contributed by atoms with Crippen molar-refractivity contribution in [2.45, 2.75) is 31.6 Å². The average Bonchev–Trinajstić information content (AvgIpc) is 3.18. The summed E-state index contributed by atoms with van der Waals surface area (Å²) in [6.07, 6.45) is 1.84. The van der Waals surface area contributed by atoms with Crippen molar-refractivity contribution in [3.05, 3.63) is 59.4 Å². The Bertz CT molecular complexity index is 626. The van der Waals surface area contributed by atoms with Crippen molar-refractivity contribution in [2.75, 3.05) is 0 Å². The molecule has 1 aliphatic rings. The van der Waals surface area contributed by atoms with Gasteiger partial charge in [-0.1, -0.05) is 12.1 Å². The zero-order valence-corrected chi connectivity index (χ0v) is 11.5. The Morgan fingerprint density at radius 3 is 2.67 bits per heavy atom. The van der Waals surface area contributed by atoms with E-state index in [0.29, 0.717) is 18.0 Å². The molecule has 5 heteroatoms. The maximum atomic E-state index is 12.7. The summed E-state index contributed by atoms with van der Waals surface area (Å²) in [5.74, 6) is 0.564. The van der Waals surface area contributed by atoms with Crippen LogP contribution in [0.5, 0.6) is 0 Å². The second kappa shape index (κ2) is 5.22. The van der Waals surface area contributed by atoms with Gasteiger partial charge in [0.1, 0.15) is 0 Å². The molecule has 21 heavy (non-hydrogen) atoms. The first kappa shape index (κ1) is 14.2. The summed E-state index contributed by atoms with van der Waals surface area (Å²) < 4.78 is 39.9. The van der Waals surface area contributed by atoms with Gasteiger partial charge in [-0.3, -0.25) is 0 Å². The molecule has 1 unspecified atom stereocenters. The Morgan fingerprint density at radius 1 is 1.24 bits per heavy atom. The largest absolute Gasteiger partial charge is 0.416 e. The van der Waals surface area contributed by atoms with Gasteiger partial charge < -0.3 is 10.3 Å². The fraction of sp³-hybridized carbons (Fsp3) is 0.375. The van der Waals surface area contributed by atoms with Crippen molar-refractivity contribution in [1.82, 2.24) is 4.57 Å². The maximum Gasteiger partial charge on any atom is 0.416 e. The molecule has 0 amide bonds. The number of halogens is 3. The lowest BCUT2D eigenvalue weighted by Gasteiger charge is -2.10.